The van der Waals surface area contributed by atoms with Crippen LogP contribution in [0.2, 0.25) is 0 Å². The van der Waals surface area contributed by atoms with Crippen molar-refractivity contribution in [3.8, 4) is 0 Å². The number of rotatable bonds is 3. The molecule has 3 aromatic rings. The first kappa shape index (κ1) is 10.9. The SMILES string of the molecule is CNC(c1ncn[nH]1)c1cccc2cccnc12. The van der Waals surface area contributed by atoms with Gasteiger partial charge in [0.15, 0.2) is 0 Å². The van der Waals surface area contributed by atoms with Gasteiger partial charge in [-0.1, -0.05) is 24.3 Å². The fourth-order valence-electron chi connectivity index (χ4n) is 2.15. The smallest absolute Gasteiger partial charge is 0.146 e. The highest BCUT2D eigenvalue weighted by molar-refractivity contribution is 5.82. The summed E-state index contributed by atoms with van der Waals surface area (Å²) in [6, 6.07) is 10.1. The maximum Gasteiger partial charge on any atom is 0.146 e. The molecule has 2 heterocycles. The Morgan fingerprint density at radius 3 is 2.83 bits per heavy atom. The highest BCUT2D eigenvalue weighted by Gasteiger charge is 2.17. The number of nitrogens with one attached hydrogen (secondary N) is 2. The van der Waals surface area contributed by atoms with E-state index >= 15 is 0 Å². The quantitative estimate of drug-likeness (QED) is 0.729. The Hall–Kier alpha value is -2.27. The Kier molecular flexibility index (Phi) is 2.74. The third kappa shape index (κ3) is 1.74. The lowest BCUT2D eigenvalue weighted by Gasteiger charge is -2.15. The van der Waals surface area contributed by atoms with Crippen molar-refractivity contribution < 1.29 is 0 Å². The van der Waals surface area contributed by atoms with Crippen LogP contribution in [0.3, 0.4) is 0 Å². The number of aromatic amines is 1. The van der Waals surface area contributed by atoms with Crippen LogP contribution >= 0.6 is 0 Å². The third-order valence-electron chi connectivity index (χ3n) is 2.97. The molecule has 1 unspecified atom stereocenters. The standard InChI is InChI=1S/C13H13N5/c1-14-12(13-16-8-17-18-13)10-6-2-4-9-5-3-7-15-11(9)10/h2-8,12,14H,1H3,(H,16,17,18). The van der Waals surface area contributed by atoms with Gasteiger partial charge < -0.3 is 5.32 Å². The summed E-state index contributed by atoms with van der Waals surface area (Å²) < 4.78 is 0. The van der Waals surface area contributed by atoms with Crippen LogP contribution in [0.15, 0.2) is 42.9 Å². The summed E-state index contributed by atoms with van der Waals surface area (Å²) in [6.45, 7) is 0. The largest absolute Gasteiger partial charge is 0.307 e. The molecule has 0 spiro atoms. The summed E-state index contributed by atoms with van der Waals surface area (Å²) >= 11 is 0. The summed E-state index contributed by atoms with van der Waals surface area (Å²) in [6.07, 6.45) is 3.32. The second-order valence-corrected chi connectivity index (χ2v) is 4.01. The Morgan fingerprint density at radius 1 is 1.17 bits per heavy atom. The molecule has 0 aliphatic carbocycles. The molecule has 0 saturated carbocycles. The van der Waals surface area contributed by atoms with E-state index in [-0.39, 0.29) is 6.04 Å². The van der Waals surface area contributed by atoms with E-state index in [4.69, 9.17) is 0 Å². The number of aromatic nitrogens is 4. The third-order valence-corrected chi connectivity index (χ3v) is 2.97. The number of fused-ring (bicyclic) bond motifs is 1. The zero-order valence-electron chi connectivity index (χ0n) is 9.96. The Labute approximate surface area is 104 Å². The molecule has 0 radical (unpaired) electrons. The predicted octanol–water partition coefficient (Wildman–Crippen LogP) is 1.66. The van der Waals surface area contributed by atoms with Gasteiger partial charge in [0, 0.05) is 17.1 Å². The van der Waals surface area contributed by atoms with Crippen LogP contribution in [0.4, 0.5) is 0 Å². The number of hydrogen-bond donors (Lipinski definition) is 2. The van der Waals surface area contributed by atoms with Gasteiger partial charge in [-0.15, -0.1) is 0 Å². The Bertz CT molecular complexity index is 642. The lowest BCUT2D eigenvalue weighted by molar-refractivity contribution is 0.653. The molecule has 0 aliphatic heterocycles. The fraction of sp³-hybridized carbons (Fsp3) is 0.154. The number of H-pyrrole nitrogens is 1. The minimum absolute atomic E-state index is 0.0360. The molecular formula is C13H13N5. The van der Waals surface area contributed by atoms with Crippen molar-refractivity contribution in [2.24, 2.45) is 0 Å². The van der Waals surface area contributed by atoms with Crippen LogP contribution in [-0.4, -0.2) is 27.2 Å². The minimum atomic E-state index is -0.0360. The van der Waals surface area contributed by atoms with Gasteiger partial charge in [0.05, 0.1) is 11.6 Å². The van der Waals surface area contributed by atoms with E-state index in [1.165, 1.54) is 6.33 Å². The molecule has 0 fully saturated rings. The zero-order chi connectivity index (χ0) is 12.4. The van der Waals surface area contributed by atoms with Gasteiger partial charge in [-0.05, 0) is 13.1 Å². The van der Waals surface area contributed by atoms with E-state index in [9.17, 15) is 0 Å². The number of pyridine rings is 1. The normalized spacial score (nSPS) is 12.7. The van der Waals surface area contributed by atoms with Gasteiger partial charge in [-0.3, -0.25) is 10.1 Å². The molecule has 0 saturated heterocycles. The summed E-state index contributed by atoms with van der Waals surface area (Å²) in [4.78, 5) is 8.67. The molecule has 5 heteroatoms. The first-order valence-corrected chi connectivity index (χ1v) is 5.76. The molecule has 0 bridgehead atoms. The summed E-state index contributed by atoms with van der Waals surface area (Å²) in [5.74, 6) is 0.788. The average Bonchev–Trinajstić information content (AvgIpc) is 2.94. The van der Waals surface area contributed by atoms with Crippen molar-refractivity contribution in [3.05, 3.63) is 54.2 Å². The van der Waals surface area contributed by atoms with Gasteiger partial charge >= 0.3 is 0 Å². The van der Waals surface area contributed by atoms with E-state index < -0.39 is 0 Å². The molecule has 1 aromatic carbocycles. The van der Waals surface area contributed by atoms with E-state index in [0.29, 0.717) is 0 Å². The molecule has 0 aliphatic rings. The second kappa shape index (κ2) is 4.54. The molecule has 2 N–H and O–H groups in total. The average molecular weight is 239 g/mol. The molecule has 90 valence electrons. The van der Waals surface area contributed by atoms with Crippen LogP contribution < -0.4 is 5.32 Å². The van der Waals surface area contributed by atoms with Crippen LogP contribution in [0.1, 0.15) is 17.4 Å². The minimum Gasteiger partial charge on any atom is -0.307 e. The molecule has 5 nitrogen and oxygen atoms in total. The van der Waals surface area contributed by atoms with E-state index in [1.54, 1.807) is 6.20 Å². The van der Waals surface area contributed by atoms with Crippen molar-refractivity contribution in [3.63, 3.8) is 0 Å². The highest BCUT2D eigenvalue weighted by atomic mass is 15.2. The van der Waals surface area contributed by atoms with Crippen LogP contribution in [0.25, 0.3) is 10.9 Å². The number of para-hydroxylation sites is 1. The molecule has 0 amide bonds. The fourth-order valence-corrected chi connectivity index (χ4v) is 2.15. The zero-order valence-corrected chi connectivity index (χ0v) is 9.96. The van der Waals surface area contributed by atoms with Crippen molar-refractivity contribution in [1.29, 1.82) is 0 Å². The van der Waals surface area contributed by atoms with E-state index in [1.807, 2.05) is 19.2 Å². The summed E-state index contributed by atoms with van der Waals surface area (Å²) in [5.41, 5.74) is 2.07. The summed E-state index contributed by atoms with van der Waals surface area (Å²) in [7, 11) is 1.90. The lowest BCUT2D eigenvalue weighted by Crippen LogP contribution is -2.19. The van der Waals surface area contributed by atoms with Gasteiger partial charge in [0.25, 0.3) is 0 Å². The van der Waals surface area contributed by atoms with Crippen molar-refractivity contribution in [1.82, 2.24) is 25.5 Å². The van der Waals surface area contributed by atoms with Gasteiger partial charge in [-0.25, -0.2) is 4.98 Å². The number of benzene rings is 1. The van der Waals surface area contributed by atoms with E-state index in [2.05, 4.69) is 43.7 Å². The van der Waals surface area contributed by atoms with Crippen molar-refractivity contribution >= 4 is 10.9 Å². The Balaban J connectivity index is 2.18. The maximum atomic E-state index is 4.46. The van der Waals surface area contributed by atoms with Crippen LogP contribution in [-0.2, 0) is 0 Å². The Morgan fingerprint density at radius 2 is 2.06 bits per heavy atom. The molecule has 1 atom stereocenters. The molecular weight excluding hydrogens is 226 g/mol. The molecule has 2 aromatic heterocycles. The molecule has 18 heavy (non-hydrogen) atoms. The monoisotopic (exact) mass is 239 g/mol. The van der Waals surface area contributed by atoms with Crippen molar-refractivity contribution in [2.75, 3.05) is 7.05 Å². The summed E-state index contributed by atoms with van der Waals surface area (Å²) in [5, 5.41) is 11.2. The predicted molar refractivity (Wildman–Crippen MR) is 69.0 cm³/mol. The maximum absolute atomic E-state index is 4.46. The van der Waals surface area contributed by atoms with E-state index in [0.717, 1.165) is 22.3 Å². The van der Waals surface area contributed by atoms with Crippen LogP contribution in [0.5, 0.6) is 0 Å². The van der Waals surface area contributed by atoms with Crippen molar-refractivity contribution in [2.45, 2.75) is 6.04 Å². The first-order valence-electron chi connectivity index (χ1n) is 5.76. The van der Waals surface area contributed by atoms with Gasteiger partial charge in [-0.2, -0.15) is 5.10 Å². The first-order chi connectivity index (χ1) is 8.90. The van der Waals surface area contributed by atoms with Gasteiger partial charge in [0.1, 0.15) is 12.2 Å². The highest BCUT2D eigenvalue weighted by Crippen LogP contribution is 2.25. The number of hydrogen-bond acceptors (Lipinski definition) is 4. The molecule has 3 rings (SSSR count). The van der Waals surface area contributed by atoms with Crippen LogP contribution in [0, 0.1) is 0 Å². The number of nitrogens with zero attached hydrogens (tertiary/aromatic N) is 3. The second-order valence-electron chi connectivity index (χ2n) is 4.01. The van der Waals surface area contributed by atoms with Gasteiger partial charge in [0.2, 0.25) is 0 Å². The lowest BCUT2D eigenvalue weighted by atomic mass is 10.0. The topological polar surface area (TPSA) is 66.5 Å².